The number of rotatable bonds is 6. The molecule has 2 heterocycles. The summed E-state index contributed by atoms with van der Waals surface area (Å²) in [6, 6.07) is 1.79. The predicted octanol–water partition coefficient (Wildman–Crippen LogP) is 0.658. The molecule has 0 atom stereocenters. The summed E-state index contributed by atoms with van der Waals surface area (Å²) in [5.74, 6) is 0.703. The number of aryl methyl sites for hydroxylation is 1. The van der Waals surface area contributed by atoms with Crippen LogP contribution in [-0.4, -0.2) is 44.4 Å². The lowest BCUT2D eigenvalue weighted by atomic mass is 9.79. The van der Waals surface area contributed by atoms with Gasteiger partial charge in [0.1, 0.15) is 5.76 Å². The molecule has 1 aliphatic rings. The Morgan fingerprint density at radius 1 is 1.55 bits per heavy atom. The van der Waals surface area contributed by atoms with Crippen molar-refractivity contribution in [3.63, 3.8) is 0 Å². The molecule has 0 unspecified atom stereocenters. The van der Waals surface area contributed by atoms with Crippen LogP contribution < -0.4 is 10.6 Å². The molecule has 0 saturated carbocycles. The van der Waals surface area contributed by atoms with E-state index in [1.807, 2.05) is 6.92 Å². The van der Waals surface area contributed by atoms with Gasteiger partial charge in [-0.25, -0.2) is 0 Å². The Hall–Kier alpha value is -1.40. The molecule has 2 rings (SSSR count). The number of ether oxygens (including phenoxy) is 1. The molecule has 1 saturated heterocycles. The monoisotopic (exact) mass is 281 g/mol. The van der Waals surface area contributed by atoms with Gasteiger partial charge in [0, 0.05) is 25.1 Å². The first-order chi connectivity index (χ1) is 9.63. The first kappa shape index (κ1) is 15.0. The number of hydrogen-bond donors (Lipinski definition) is 2. The molecule has 0 aliphatic carbocycles. The van der Waals surface area contributed by atoms with Crippen LogP contribution in [0, 0.1) is 12.3 Å². The Morgan fingerprint density at radius 2 is 2.30 bits per heavy atom. The summed E-state index contributed by atoms with van der Waals surface area (Å²) in [6.45, 7) is 5.09. The average molecular weight is 281 g/mol. The maximum absolute atomic E-state index is 12.0. The molecule has 112 valence electrons. The molecule has 0 radical (unpaired) electrons. The first-order valence-electron chi connectivity index (χ1n) is 7.02. The third-order valence-electron chi connectivity index (χ3n) is 3.79. The van der Waals surface area contributed by atoms with Crippen molar-refractivity contribution in [1.29, 1.82) is 0 Å². The van der Waals surface area contributed by atoms with Gasteiger partial charge in [-0.1, -0.05) is 5.16 Å². The summed E-state index contributed by atoms with van der Waals surface area (Å²) in [7, 11) is 1.71. The van der Waals surface area contributed by atoms with Crippen molar-refractivity contribution in [3.05, 3.63) is 17.5 Å². The fraction of sp³-hybridized carbons (Fsp3) is 0.714. The lowest BCUT2D eigenvalue weighted by Gasteiger charge is -2.37. The van der Waals surface area contributed by atoms with Crippen LogP contribution in [0.3, 0.4) is 0 Å². The van der Waals surface area contributed by atoms with E-state index in [4.69, 9.17) is 9.26 Å². The highest BCUT2D eigenvalue weighted by Crippen LogP contribution is 2.28. The van der Waals surface area contributed by atoms with Crippen molar-refractivity contribution in [2.45, 2.75) is 26.2 Å². The number of amides is 1. The Morgan fingerprint density at radius 3 is 2.90 bits per heavy atom. The quantitative estimate of drug-likeness (QED) is 0.801. The van der Waals surface area contributed by atoms with Crippen molar-refractivity contribution in [2.75, 3.05) is 33.4 Å². The van der Waals surface area contributed by atoms with E-state index in [9.17, 15) is 4.79 Å². The van der Waals surface area contributed by atoms with E-state index in [0.29, 0.717) is 18.8 Å². The zero-order valence-electron chi connectivity index (χ0n) is 12.2. The Kier molecular flexibility index (Phi) is 5.14. The van der Waals surface area contributed by atoms with Crippen molar-refractivity contribution < 1.29 is 14.1 Å². The van der Waals surface area contributed by atoms with Crippen LogP contribution in [-0.2, 0) is 16.0 Å². The standard InChI is InChI=1S/C14H23N3O3/c1-11-7-12(17-20-11)8-13(18)16-9-14(10-19-2)3-5-15-6-4-14/h7,15H,3-6,8-10H2,1-2H3,(H,16,18). The molecule has 0 bridgehead atoms. The van der Waals surface area contributed by atoms with Gasteiger partial charge in [0.05, 0.1) is 18.7 Å². The minimum atomic E-state index is -0.0210. The van der Waals surface area contributed by atoms with Gasteiger partial charge < -0.3 is 19.9 Å². The molecule has 6 heteroatoms. The highest BCUT2D eigenvalue weighted by molar-refractivity contribution is 5.78. The Bertz CT molecular complexity index is 433. The smallest absolute Gasteiger partial charge is 0.226 e. The van der Waals surface area contributed by atoms with Gasteiger partial charge in [0.25, 0.3) is 0 Å². The van der Waals surface area contributed by atoms with Gasteiger partial charge in [-0.3, -0.25) is 4.79 Å². The SMILES string of the molecule is COCC1(CNC(=O)Cc2cc(C)on2)CCNCC1. The zero-order chi connectivity index (χ0) is 14.4. The number of piperidine rings is 1. The molecule has 1 aromatic rings. The third-order valence-corrected chi connectivity index (χ3v) is 3.79. The van der Waals surface area contributed by atoms with Crippen LogP contribution >= 0.6 is 0 Å². The van der Waals surface area contributed by atoms with Gasteiger partial charge in [-0.2, -0.15) is 0 Å². The van der Waals surface area contributed by atoms with Crippen molar-refractivity contribution in [3.8, 4) is 0 Å². The fourth-order valence-electron chi connectivity index (χ4n) is 2.65. The van der Waals surface area contributed by atoms with Crippen molar-refractivity contribution in [2.24, 2.45) is 5.41 Å². The fourth-order valence-corrected chi connectivity index (χ4v) is 2.65. The van der Waals surface area contributed by atoms with Crippen molar-refractivity contribution in [1.82, 2.24) is 15.8 Å². The minimum Gasteiger partial charge on any atom is -0.384 e. The summed E-state index contributed by atoms with van der Waals surface area (Å²) in [5, 5.41) is 10.2. The summed E-state index contributed by atoms with van der Waals surface area (Å²) in [6.07, 6.45) is 2.30. The number of nitrogens with one attached hydrogen (secondary N) is 2. The van der Waals surface area contributed by atoms with E-state index in [-0.39, 0.29) is 17.7 Å². The third kappa shape index (κ3) is 4.05. The topological polar surface area (TPSA) is 76.4 Å². The molecule has 1 aromatic heterocycles. The normalized spacial score (nSPS) is 17.9. The van der Waals surface area contributed by atoms with E-state index in [0.717, 1.165) is 31.7 Å². The molecule has 20 heavy (non-hydrogen) atoms. The number of aromatic nitrogens is 1. The maximum Gasteiger partial charge on any atom is 0.226 e. The Labute approximate surface area is 119 Å². The summed E-state index contributed by atoms with van der Waals surface area (Å²) >= 11 is 0. The second kappa shape index (κ2) is 6.85. The second-order valence-electron chi connectivity index (χ2n) is 5.57. The first-order valence-corrected chi connectivity index (χ1v) is 7.02. The van der Waals surface area contributed by atoms with E-state index in [2.05, 4.69) is 15.8 Å². The highest BCUT2D eigenvalue weighted by Gasteiger charge is 2.32. The number of carbonyl (C=O) groups excluding carboxylic acids is 1. The van der Waals surface area contributed by atoms with E-state index in [1.165, 1.54) is 0 Å². The van der Waals surface area contributed by atoms with Crippen LogP contribution in [0.1, 0.15) is 24.3 Å². The molecule has 1 amide bonds. The number of carbonyl (C=O) groups is 1. The van der Waals surface area contributed by atoms with Crippen LogP contribution in [0.4, 0.5) is 0 Å². The summed E-state index contributed by atoms with van der Waals surface area (Å²) < 4.78 is 10.3. The Balaban J connectivity index is 1.84. The maximum atomic E-state index is 12.0. The van der Waals surface area contributed by atoms with Gasteiger partial charge in [0.2, 0.25) is 5.91 Å². The van der Waals surface area contributed by atoms with Crippen LogP contribution in [0.15, 0.2) is 10.6 Å². The molecule has 6 nitrogen and oxygen atoms in total. The molecule has 2 N–H and O–H groups in total. The van der Waals surface area contributed by atoms with Crippen LogP contribution in [0.5, 0.6) is 0 Å². The predicted molar refractivity (Wildman–Crippen MR) is 74.4 cm³/mol. The van der Waals surface area contributed by atoms with Gasteiger partial charge in [-0.05, 0) is 32.9 Å². The molecular weight excluding hydrogens is 258 g/mol. The molecule has 1 fully saturated rings. The van der Waals surface area contributed by atoms with Gasteiger partial charge >= 0.3 is 0 Å². The lowest BCUT2D eigenvalue weighted by molar-refractivity contribution is -0.121. The zero-order valence-corrected chi connectivity index (χ0v) is 12.2. The molecule has 0 aromatic carbocycles. The van der Waals surface area contributed by atoms with Crippen molar-refractivity contribution >= 4 is 5.91 Å². The van der Waals surface area contributed by atoms with Crippen LogP contribution in [0.25, 0.3) is 0 Å². The summed E-state index contributed by atoms with van der Waals surface area (Å²) in [4.78, 5) is 12.0. The molecule has 0 spiro atoms. The minimum absolute atomic E-state index is 0.0210. The number of nitrogens with zero attached hydrogens (tertiary/aromatic N) is 1. The highest BCUT2D eigenvalue weighted by atomic mass is 16.5. The van der Waals surface area contributed by atoms with Gasteiger partial charge in [-0.15, -0.1) is 0 Å². The second-order valence-corrected chi connectivity index (χ2v) is 5.57. The van der Waals surface area contributed by atoms with Gasteiger partial charge in [0.15, 0.2) is 0 Å². The largest absolute Gasteiger partial charge is 0.384 e. The average Bonchev–Trinajstić information content (AvgIpc) is 2.83. The number of hydrogen-bond acceptors (Lipinski definition) is 5. The summed E-state index contributed by atoms with van der Waals surface area (Å²) in [5.41, 5.74) is 0.723. The molecular formula is C14H23N3O3. The lowest BCUT2D eigenvalue weighted by Crippen LogP contribution is -2.47. The van der Waals surface area contributed by atoms with E-state index < -0.39 is 0 Å². The van der Waals surface area contributed by atoms with E-state index >= 15 is 0 Å². The van der Waals surface area contributed by atoms with Crippen LogP contribution in [0.2, 0.25) is 0 Å². The van der Waals surface area contributed by atoms with E-state index in [1.54, 1.807) is 13.2 Å². The molecule has 1 aliphatic heterocycles. The number of methoxy groups -OCH3 is 1.